The third kappa shape index (κ3) is 4.69. The van der Waals surface area contributed by atoms with E-state index in [-0.39, 0.29) is 0 Å². The summed E-state index contributed by atoms with van der Waals surface area (Å²) in [5.41, 5.74) is 22.6. The molecule has 67 heavy (non-hydrogen) atoms. The molecule has 0 amide bonds. The third-order valence-electron chi connectivity index (χ3n) is 15.8. The Morgan fingerprint density at radius 3 is 1.16 bits per heavy atom. The number of fused-ring (bicyclic) bond motifs is 18. The Balaban J connectivity index is 1.08. The van der Waals surface area contributed by atoms with Gasteiger partial charge < -0.3 is 9.13 Å². The third-order valence-corrected chi connectivity index (χ3v) is 15.8. The van der Waals surface area contributed by atoms with E-state index in [4.69, 9.17) is 0 Å². The average molecular weight is 851 g/mol. The van der Waals surface area contributed by atoms with Crippen LogP contribution in [0.25, 0.3) is 121 Å². The quantitative estimate of drug-likeness (QED) is 0.157. The summed E-state index contributed by atoms with van der Waals surface area (Å²) in [7, 11) is 4.40. The second kappa shape index (κ2) is 13.3. The second-order valence-corrected chi connectivity index (χ2v) is 18.8. The Hall–Kier alpha value is -8.46. The number of rotatable bonds is 3. The fourth-order valence-corrected chi connectivity index (χ4v) is 13.0. The summed E-state index contributed by atoms with van der Waals surface area (Å²) in [4.78, 5) is 0. The number of para-hydroxylation sites is 2. The number of benzene rings is 11. The van der Waals surface area contributed by atoms with E-state index in [1.165, 1.54) is 143 Å². The van der Waals surface area contributed by atoms with E-state index in [0.29, 0.717) is 0 Å². The molecule has 0 fully saturated rings. The Morgan fingerprint density at radius 1 is 0.269 bits per heavy atom. The van der Waals surface area contributed by atoms with Crippen LogP contribution >= 0.6 is 0 Å². The van der Waals surface area contributed by atoms with Crippen molar-refractivity contribution < 1.29 is 0 Å². The first kappa shape index (κ1) is 36.8. The minimum absolute atomic E-state index is 0.501. The van der Waals surface area contributed by atoms with E-state index in [2.05, 4.69) is 242 Å². The highest BCUT2D eigenvalue weighted by atomic mass is 14.9. The van der Waals surface area contributed by atoms with Gasteiger partial charge in [-0.3, -0.25) is 0 Å². The van der Waals surface area contributed by atoms with Crippen LogP contribution in [-0.4, -0.2) is 9.13 Å². The minimum atomic E-state index is -0.501. The molecule has 0 saturated heterocycles. The largest absolute Gasteiger partial charge is 0.344 e. The van der Waals surface area contributed by atoms with Crippen LogP contribution in [0.5, 0.6) is 0 Å². The molecule has 2 heteroatoms. The van der Waals surface area contributed by atoms with Crippen LogP contribution in [0.2, 0.25) is 0 Å². The molecule has 2 nitrogen and oxygen atoms in total. The maximum atomic E-state index is 2.50. The van der Waals surface area contributed by atoms with E-state index < -0.39 is 5.41 Å². The van der Waals surface area contributed by atoms with Gasteiger partial charge in [-0.25, -0.2) is 0 Å². The van der Waals surface area contributed by atoms with Crippen molar-refractivity contribution in [3.05, 3.63) is 241 Å². The van der Waals surface area contributed by atoms with Gasteiger partial charge in [-0.1, -0.05) is 188 Å². The van der Waals surface area contributed by atoms with Crippen molar-refractivity contribution in [3.8, 4) is 55.6 Å². The lowest BCUT2D eigenvalue weighted by atomic mass is 9.68. The van der Waals surface area contributed by atoms with E-state index >= 15 is 0 Å². The predicted octanol–water partition coefficient (Wildman–Crippen LogP) is 16.6. The highest BCUT2D eigenvalue weighted by molar-refractivity contribution is 6.21. The molecule has 2 aromatic heterocycles. The van der Waals surface area contributed by atoms with Crippen LogP contribution in [0, 0.1) is 0 Å². The fraction of sp³-hybridized carbons (Fsp3) is 0.0462. The molecule has 2 aliphatic carbocycles. The average Bonchev–Trinajstić information content (AvgIpc) is 4.06. The molecule has 1 spiro atoms. The van der Waals surface area contributed by atoms with Gasteiger partial charge in [0, 0.05) is 57.7 Å². The Morgan fingerprint density at radius 2 is 0.642 bits per heavy atom. The Kier molecular flexibility index (Phi) is 7.32. The van der Waals surface area contributed by atoms with Gasteiger partial charge in [0.2, 0.25) is 0 Å². The molecule has 2 aliphatic rings. The van der Waals surface area contributed by atoms with Gasteiger partial charge in [0.05, 0.1) is 5.41 Å². The number of nitrogens with zero attached hydrogens (tertiary/aromatic N) is 2. The molecule has 0 unspecified atom stereocenters. The first-order chi connectivity index (χ1) is 33.1. The predicted molar refractivity (Wildman–Crippen MR) is 282 cm³/mol. The van der Waals surface area contributed by atoms with Gasteiger partial charge in [0.25, 0.3) is 0 Å². The first-order valence-electron chi connectivity index (χ1n) is 23.5. The van der Waals surface area contributed by atoms with Crippen LogP contribution in [0.15, 0.2) is 218 Å². The van der Waals surface area contributed by atoms with Crippen LogP contribution < -0.4 is 0 Å². The summed E-state index contributed by atoms with van der Waals surface area (Å²) >= 11 is 0. The molecular formula is C65H42N2. The highest BCUT2D eigenvalue weighted by Gasteiger charge is 2.52. The van der Waals surface area contributed by atoms with Gasteiger partial charge >= 0.3 is 0 Å². The Bertz CT molecular complexity index is 4070. The molecule has 0 saturated carbocycles. The van der Waals surface area contributed by atoms with Gasteiger partial charge in [-0.05, 0) is 130 Å². The van der Waals surface area contributed by atoms with Crippen molar-refractivity contribution in [1.82, 2.24) is 9.13 Å². The molecule has 0 aliphatic heterocycles. The van der Waals surface area contributed by atoms with Crippen LogP contribution in [0.1, 0.15) is 22.3 Å². The van der Waals surface area contributed by atoms with Gasteiger partial charge in [0.1, 0.15) is 0 Å². The van der Waals surface area contributed by atoms with E-state index in [1.54, 1.807) is 0 Å². The molecule has 312 valence electrons. The first-order valence-corrected chi connectivity index (χ1v) is 23.5. The molecular weight excluding hydrogens is 809 g/mol. The second-order valence-electron chi connectivity index (χ2n) is 18.8. The molecule has 11 aromatic carbocycles. The van der Waals surface area contributed by atoms with Crippen molar-refractivity contribution in [1.29, 1.82) is 0 Å². The van der Waals surface area contributed by atoms with Gasteiger partial charge in [-0.2, -0.15) is 0 Å². The van der Waals surface area contributed by atoms with Crippen LogP contribution in [0.4, 0.5) is 0 Å². The number of aromatic nitrogens is 2. The topological polar surface area (TPSA) is 9.86 Å². The number of hydrogen-bond donors (Lipinski definition) is 0. The number of hydrogen-bond acceptors (Lipinski definition) is 0. The molecule has 0 atom stereocenters. The van der Waals surface area contributed by atoms with Gasteiger partial charge in [-0.15, -0.1) is 0 Å². The summed E-state index contributed by atoms with van der Waals surface area (Å²) in [6.07, 6.45) is 0. The summed E-state index contributed by atoms with van der Waals surface area (Å²) in [5.74, 6) is 0. The molecule has 13 aromatic rings. The van der Waals surface area contributed by atoms with Crippen molar-refractivity contribution >= 4 is 65.2 Å². The van der Waals surface area contributed by atoms with Crippen molar-refractivity contribution in [3.63, 3.8) is 0 Å². The van der Waals surface area contributed by atoms with Crippen molar-refractivity contribution in [2.45, 2.75) is 5.41 Å². The monoisotopic (exact) mass is 850 g/mol. The molecule has 0 N–H and O–H groups in total. The standard InChI is InChI=1S/C65H42N2/c1-66-59-30-11-6-19-46(59)48-34-32-39(36-61(48)66)41-21-13-23-50-54(41)38-55-42(40-33-35-49-47-20-7-12-31-60(47)67(2)62(49)37-40)22-14-24-51(55)63(50)53-26-15-25-52-45-18-5-10-29-58(45)65(64(52)53)56-27-8-3-16-43(56)44-17-4-9-28-57(44)65/h3-38H,1-2H3. The molecule has 0 radical (unpaired) electrons. The molecule has 15 rings (SSSR count). The molecule has 2 heterocycles. The normalized spacial score (nSPS) is 13.3. The smallest absolute Gasteiger partial charge is 0.0731 e. The maximum absolute atomic E-state index is 2.50. The number of aryl methyl sites for hydroxylation is 2. The van der Waals surface area contributed by atoms with Gasteiger partial charge in [0.15, 0.2) is 0 Å². The van der Waals surface area contributed by atoms with Crippen molar-refractivity contribution in [2.24, 2.45) is 14.1 Å². The fourth-order valence-electron chi connectivity index (χ4n) is 13.0. The minimum Gasteiger partial charge on any atom is -0.344 e. The Labute approximate surface area is 388 Å². The van der Waals surface area contributed by atoms with E-state index in [1.807, 2.05) is 0 Å². The van der Waals surface area contributed by atoms with E-state index in [9.17, 15) is 0 Å². The zero-order valence-electron chi connectivity index (χ0n) is 37.2. The summed E-state index contributed by atoms with van der Waals surface area (Å²) in [6, 6.07) is 82.8. The summed E-state index contributed by atoms with van der Waals surface area (Å²) in [5, 5.41) is 10.1. The molecule has 0 bridgehead atoms. The zero-order valence-corrected chi connectivity index (χ0v) is 37.2. The summed E-state index contributed by atoms with van der Waals surface area (Å²) < 4.78 is 4.70. The lowest BCUT2D eigenvalue weighted by Gasteiger charge is -2.32. The zero-order chi connectivity index (χ0) is 44.1. The van der Waals surface area contributed by atoms with Crippen LogP contribution in [-0.2, 0) is 19.5 Å². The lowest BCUT2D eigenvalue weighted by Crippen LogP contribution is -2.26. The van der Waals surface area contributed by atoms with E-state index in [0.717, 1.165) is 0 Å². The van der Waals surface area contributed by atoms with Crippen molar-refractivity contribution in [2.75, 3.05) is 0 Å². The van der Waals surface area contributed by atoms with Crippen LogP contribution in [0.3, 0.4) is 0 Å². The maximum Gasteiger partial charge on any atom is 0.0731 e. The SMILES string of the molecule is Cn1c2ccccc2c2ccc(-c3cccc4c(-c5cccc6c5C5(c7ccccc7-c7ccccc75)c5ccccc5-6)c5cccc(-c6ccc7c8ccccc8n(C)c7c6)c5cc34)cc21. The lowest BCUT2D eigenvalue weighted by molar-refractivity contribution is 0.796. The summed E-state index contributed by atoms with van der Waals surface area (Å²) in [6.45, 7) is 0. The highest BCUT2D eigenvalue weighted by Crippen LogP contribution is 2.65.